The molecule has 3 aromatic rings. The number of nitrogens with one attached hydrogen (secondary N) is 2. The number of hydrogen-bond donors (Lipinski definition) is 2. The zero-order chi connectivity index (χ0) is 20.6. The van der Waals surface area contributed by atoms with Crippen molar-refractivity contribution in [1.29, 1.82) is 0 Å². The van der Waals surface area contributed by atoms with Gasteiger partial charge in [0.05, 0.1) is 12.2 Å². The molecule has 0 aliphatic carbocycles. The molecule has 1 aromatic carbocycles. The SMILES string of the molecule is CCNC(=NCc1ccc(F)cc1CSC)NCCc1cn2cccc(C)c2n1. The maximum atomic E-state index is 13.5. The van der Waals surface area contributed by atoms with E-state index in [0.717, 1.165) is 53.7 Å². The van der Waals surface area contributed by atoms with Gasteiger partial charge in [-0.25, -0.2) is 14.4 Å². The zero-order valence-corrected chi connectivity index (χ0v) is 18.0. The first-order chi connectivity index (χ1) is 14.1. The molecule has 29 heavy (non-hydrogen) atoms. The Hall–Kier alpha value is -2.54. The highest BCUT2D eigenvalue weighted by Gasteiger charge is 2.06. The molecule has 0 aliphatic heterocycles. The minimum atomic E-state index is -0.200. The molecule has 0 amide bonds. The van der Waals surface area contributed by atoms with Crippen molar-refractivity contribution in [2.24, 2.45) is 4.99 Å². The summed E-state index contributed by atoms with van der Waals surface area (Å²) >= 11 is 1.68. The van der Waals surface area contributed by atoms with Crippen LogP contribution in [0.1, 0.15) is 29.3 Å². The lowest BCUT2D eigenvalue weighted by Crippen LogP contribution is -2.38. The number of nitrogens with zero attached hydrogens (tertiary/aromatic N) is 3. The highest BCUT2D eigenvalue weighted by atomic mass is 32.2. The summed E-state index contributed by atoms with van der Waals surface area (Å²) in [7, 11) is 0. The summed E-state index contributed by atoms with van der Waals surface area (Å²) in [4.78, 5) is 9.40. The number of thioether (sulfide) groups is 1. The number of aliphatic imine (C=N–C) groups is 1. The zero-order valence-electron chi connectivity index (χ0n) is 17.2. The van der Waals surface area contributed by atoms with Crippen molar-refractivity contribution in [3.05, 3.63) is 70.9 Å². The summed E-state index contributed by atoms with van der Waals surface area (Å²) in [5.41, 5.74) is 5.26. The van der Waals surface area contributed by atoms with E-state index < -0.39 is 0 Å². The third-order valence-corrected chi connectivity index (χ3v) is 5.22. The molecular weight excluding hydrogens is 385 g/mol. The van der Waals surface area contributed by atoms with E-state index in [1.807, 2.05) is 31.5 Å². The Balaban J connectivity index is 1.63. The van der Waals surface area contributed by atoms with Crippen LogP contribution < -0.4 is 10.6 Å². The van der Waals surface area contributed by atoms with Crippen molar-refractivity contribution in [3.8, 4) is 0 Å². The Kier molecular flexibility index (Phi) is 7.52. The first kappa shape index (κ1) is 21.2. The standard InChI is InChI=1S/C22H28FN5S/c1-4-24-22(26-13-17-7-8-19(23)12-18(17)15-29-3)25-10-9-20-14-28-11-5-6-16(2)21(28)27-20/h5-8,11-12,14H,4,9-10,13,15H2,1-3H3,(H2,24,25,26). The van der Waals surface area contributed by atoms with Crippen molar-refractivity contribution in [2.75, 3.05) is 19.3 Å². The van der Waals surface area contributed by atoms with Crippen LogP contribution in [0, 0.1) is 12.7 Å². The minimum Gasteiger partial charge on any atom is -0.357 e. The van der Waals surface area contributed by atoms with Gasteiger partial charge in [0.25, 0.3) is 0 Å². The second-order valence-corrected chi connectivity index (χ2v) is 7.74. The van der Waals surface area contributed by atoms with Crippen LogP contribution in [-0.4, -0.2) is 34.7 Å². The van der Waals surface area contributed by atoms with Gasteiger partial charge in [-0.2, -0.15) is 11.8 Å². The molecule has 0 saturated heterocycles. The fraction of sp³-hybridized carbons (Fsp3) is 0.364. The molecule has 0 bridgehead atoms. The highest BCUT2D eigenvalue weighted by molar-refractivity contribution is 7.97. The molecule has 5 nitrogen and oxygen atoms in total. The molecule has 2 heterocycles. The van der Waals surface area contributed by atoms with Crippen LogP contribution in [0.3, 0.4) is 0 Å². The molecule has 2 aromatic heterocycles. The van der Waals surface area contributed by atoms with Crippen LogP contribution in [0.2, 0.25) is 0 Å². The second-order valence-electron chi connectivity index (χ2n) is 6.87. The molecule has 0 unspecified atom stereocenters. The summed E-state index contributed by atoms with van der Waals surface area (Å²) in [6.45, 7) is 6.13. The number of hydrogen-bond acceptors (Lipinski definition) is 3. The van der Waals surface area contributed by atoms with Crippen molar-refractivity contribution < 1.29 is 4.39 Å². The topological polar surface area (TPSA) is 53.7 Å². The maximum absolute atomic E-state index is 13.5. The second kappa shape index (κ2) is 10.3. The van der Waals surface area contributed by atoms with Gasteiger partial charge in [0.2, 0.25) is 0 Å². The van der Waals surface area contributed by atoms with Crippen molar-refractivity contribution in [3.63, 3.8) is 0 Å². The predicted molar refractivity (Wildman–Crippen MR) is 120 cm³/mol. The van der Waals surface area contributed by atoms with Gasteiger partial charge in [-0.3, -0.25) is 0 Å². The number of imidazole rings is 1. The lowest BCUT2D eigenvalue weighted by atomic mass is 10.1. The smallest absolute Gasteiger partial charge is 0.191 e. The molecule has 3 rings (SSSR count). The van der Waals surface area contributed by atoms with E-state index in [2.05, 4.69) is 39.2 Å². The van der Waals surface area contributed by atoms with Crippen LogP contribution in [0.4, 0.5) is 4.39 Å². The Labute approximate surface area is 175 Å². The quantitative estimate of drug-likeness (QED) is 0.434. The summed E-state index contributed by atoms with van der Waals surface area (Å²) in [5, 5.41) is 6.64. The van der Waals surface area contributed by atoms with Gasteiger partial charge in [0.1, 0.15) is 11.5 Å². The first-order valence-electron chi connectivity index (χ1n) is 9.82. The number of pyridine rings is 1. The number of halogens is 1. The lowest BCUT2D eigenvalue weighted by molar-refractivity contribution is 0.625. The van der Waals surface area contributed by atoms with E-state index in [1.54, 1.807) is 17.8 Å². The monoisotopic (exact) mass is 413 g/mol. The Bertz CT molecular complexity index is 982. The van der Waals surface area contributed by atoms with Gasteiger partial charge < -0.3 is 15.0 Å². The molecule has 154 valence electrons. The third-order valence-electron chi connectivity index (χ3n) is 4.62. The van der Waals surface area contributed by atoms with Crippen LogP contribution in [0.5, 0.6) is 0 Å². The van der Waals surface area contributed by atoms with Gasteiger partial charge in [0.15, 0.2) is 5.96 Å². The molecule has 0 saturated carbocycles. The van der Waals surface area contributed by atoms with E-state index in [-0.39, 0.29) is 5.82 Å². The molecule has 0 spiro atoms. The van der Waals surface area contributed by atoms with Crippen LogP contribution in [0.25, 0.3) is 5.65 Å². The predicted octanol–water partition coefficient (Wildman–Crippen LogP) is 3.94. The van der Waals surface area contributed by atoms with E-state index in [0.29, 0.717) is 6.54 Å². The first-order valence-corrected chi connectivity index (χ1v) is 11.2. The van der Waals surface area contributed by atoms with Gasteiger partial charge >= 0.3 is 0 Å². The number of rotatable bonds is 8. The Morgan fingerprint density at radius 3 is 2.86 bits per heavy atom. The number of fused-ring (bicyclic) bond motifs is 1. The van der Waals surface area contributed by atoms with Crippen LogP contribution in [0.15, 0.2) is 47.7 Å². The third kappa shape index (κ3) is 5.73. The van der Waals surface area contributed by atoms with Gasteiger partial charge in [-0.1, -0.05) is 12.1 Å². The fourth-order valence-electron chi connectivity index (χ4n) is 3.18. The summed E-state index contributed by atoms with van der Waals surface area (Å²) in [6, 6.07) is 9.03. The van der Waals surface area contributed by atoms with Crippen LogP contribution >= 0.6 is 11.8 Å². The van der Waals surface area contributed by atoms with Gasteiger partial charge in [0, 0.05) is 37.7 Å². The fourth-order valence-corrected chi connectivity index (χ4v) is 3.76. The molecule has 2 N–H and O–H groups in total. The van der Waals surface area contributed by atoms with E-state index >= 15 is 0 Å². The number of aromatic nitrogens is 2. The number of benzene rings is 1. The molecule has 0 radical (unpaired) electrons. The lowest BCUT2D eigenvalue weighted by Gasteiger charge is -2.12. The van der Waals surface area contributed by atoms with Crippen molar-refractivity contribution >= 4 is 23.4 Å². The normalized spacial score (nSPS) is 11.8. The van der Waals surface area contributed by atoms with Crippen LogP contribution in [-0.2, 0) is 18.7 Å². The Morgan fingerprint density at radius 1 is 1.24 bits per heavy atom. The van der Waals surface area contributed by atoms with E-state index in [4.69, 9.17) is 4.98 Å². The number of aryl methyl sites for hydroxylation is 1. The molecule has 0 atom stereocenters. The van der Waals surface area contributed by atoms with Gasteiger partial charge in [-0.15, -0.1) is 0 Å². The van der Waals surface area contributed by atoms with Gasteiger partial charge in [-0.05, 0) is 55.0 Å². The van der Waals surface area contributed by atoms with E-state index in [9.17, 15) is 4.39 Å². The summed E-state index contributed by atoms with van der Waals surface area (Å²) in [6.07, 6.45) is 6.91. The van der Waals surface area contributed by atoms with Crippen molar-refractivity contribution in [1.82, 2.24) is 20.0 Å². The highest BCUT2D eigenvalue weighted by Crippen LogP contribution is 2.17. The van der Waals surface area contributed by atoms with Crippen molar-refractivity contribution in [2.45, 2.75) is 32.6 Å². The van der Waals surface area contributed by atoms with E-state index in [1.165, 1.54) is 11.6 Å². The Morgan fingerprint density at radius 2 is 2.10 bits per heavy atom. The molecular formula is C22H28FN5S. The molecule has 0 fully saturated rings. The molecule has 7 heteroatoms. The summed E-state index contributed by atoms with van der Waals surface area (Å²) in [5.74, 6) is 1.33. The minimum absolute atomic E-state index is 0.200. The largest absolute Gasteiger partial charge is 0.357 e. The number of guanidine groups is 1. The summed E-state index contributed by atoms with van der Waals surface area (Å²) < 4.78 is 15.6. The molecule has 0 aliphatic rings. The average molecular weight is 414 g/mol. The average Bonchev–Trinajstić information content (AvgIpc) is 3.12. The maximum Gasteiger partial charge on any atom is 0.191 e.